The van der Waals surface area contributed by atoms with E-state index < -0.39 is 41.3 Å². The summed E-state index contributed by atoms with van der Waals surface area (Å²) in [5.74, 6) is -5.27. The van der Waals surface area contributed by atoms with Crippen molar-refractivity contribution in [1.82, 2.24) is 4.98 Å². The lowest BCUT2D eigenvalue weighted by molar-refractivity contribution is -0.153. The molecular weight excluding hydrogens is 551 g/mol. The largest absolute Gasteiger partial charge is 0.481 e. The van der Waals surface area contributed by atoms with Crippen LogP contribution in [0.3, 0.4) is 0 Å². The van der Waals surface area contributed by atoms with Gasteiger partial charge < -0.3 is 19.7 Å². The zero-order chi connectivity index (χ0) is 30.0. The average Bonchev–Trinajstić information content (AvgIpc) is 3.66. The molecule has 4 aromatic rings. The van der Waals surface area contributed by atoms with Crippen LogP contribution in [0.4, 0.5) is 24.5 Å². The molecule has 1 saturated carbocycles. The first-order chi connectivity index (χ1) is 20.0. The molecule has 1 heterocycles. The fourth-order valence-electron chi connectivity index (χ4n) is 5.11. The third-order valence-corrected chi connectivity index (χ3v) is 7.33. The molecule has 3 aromatic carbocycles. The third-order valence-electron chi connectivity index (χ3n) is 7.33. The highest BCUT2D eigenvalue weighted by Crippen LogP contribution is 2.36. The van der Waals surface area contributed by atoms with Gasteiger partial charge in [-0.3, -0.25) is 14.4 Å². The molecule has 1 aliphatic rings. The molecule has 0 spiro atoms. The van der Waals surface area contributed by atoms with Crippen molar-refractivity contribution in [3.05, 3.63) is 90.3 Å². The minimum absolute atomic E-state index is 0.232. The van der Waals surface area contributed by atoms with E-state index in [0.29, 0.717) is 30.5 Å². The van der Waals surface area contributed by atoms with Crippen LogP contribution in [-0.2, 0) is 15.8 Å². The van der Waals surface area contributed by atoms with Gasteiger partial charge >= 0.3 is 12.1 Å². The van der Waals surface area contributed by atoms with E-state index in [2.05, 4.69) is 10.3 Å². The number of alkyl halides is 3. The zero-order valence-electron chi connectivity index (χ0n) is 22.4. The smallest absolute Gasteiger partial charge is 0.452 e. The maximum Gasteiger partial charge on any atom is 0.452 e. The molecule has 11 heteroatoms. The minimum atomic E-state index is -4.92. The second kappa shape index (κ2) is 11.5. The molecule has 1 fully saturated rings. The quantitative estimate of drug-likeness (QED) is 0.252. The lowest BCUT2D eigenvalue weighted by Gasteiger charge is -2.23. The molecule has 1 aromatic heterocycles. The molecule has 0 aliphatic heterocycles. The van der Waals surface area contributed by atoms with Crippen LogP contribution in [-0.4, -0.2) is 34.9 Å². The number of anilines is 2. The number of rotatable bonds is 7. The molecule has 216 valence electrons. The summed E-state index contributed by atoms with van der Waals surface area (Å²) < 4.78 is 45.8. The maximum atomic E-state index is 13.6. The standard InChI is InChI=1S/C31H26F3N3O5/c1-37(29(39)23-8-5-9-24(23)30(40)41)22-16-12-19(13-17-22)18-10-14-21(15-11-18)35-27(38)25-26(31(32,33)34)42-28(36-25)20-6-3-2-4-7-20/h2-4,6-7,10-17,23-24H,5,8-9H2,1H3,(H,35,38)(H,40,41). The number of oxazole rings is 1. The Morgan fingerprint density at radius 1 is 0.881 bits per heavy atom. The molecule has 1 aliphatic carbocycles. The molecular formula is C31H26F3N3O5. The summed E-state index contributed by atoms with van der Waals surface area (Å²) in [6, 6.07) is 21.6. The van der Waals surface area contributed by atoms with Crippen LogP contribution in [0.25, 0.3) is 22.6 Å². The summed E-state index contributed by atoms with van der Waals surface area (Å²) in [6.45, 7) is 0. The van der Waals surface area contributed by atoms with Crippen molar-refractivity contribution in [1.29, 1.82) is 0 Å². The van der Waals surface area contributed by atoms with Crippen molar-refractivity contribution in [2.24, 2.45) is 11.8 Å². The summed E-state index contributed by atoms with van der Waals surface area (Å²) in [4.78, 5) is 42.5. The third kappa shape index (κ3) is 5.90. The van der Waals surface area contributed by atoms with Crippen LogP contribution in [0.5, 0.6) is 0 Å². The van der Waals surface area contributed by atoms with Crippen molar-refractivity contribution in [2.45, 2.75) is 25.4 Å². The number of carbonyl (C=O) groups excluding carboxylic acids is 2. The highest BCUT2D eigenvalue weighted by Gasteiger charge is 2.42. The van der Waals surface area contributed by atoms with E-state index in [1.165, 1.54) is 17.0 Å². The Kier molecular flexibility index (Phi) is 7.84. The van der Waals surface area contributed by atoms with Crippen molar-refractivity contribution >= 4 is 29.2 Å². The van der Waals surface area contributed by atoms with Crippen LogP contribution >= 0.6 is 0 Å². The fraction of sp³-hybridized carbons (Fsp3) is 0.226. The van der Waals surface area contributed by atoms with Crippen LogP contribution in [0.15, 0.2) is 83.3 Å². The van der Waals surface area contributed by atoms with Crippen LogP contribution in [0, 0.1) is 11.8 Å². The lowest BCUT2D eigenvalue weighted by Crippen LogP contribution is -2.36. The number of hydrogen-bond acceptors (Lipinski definition) is 5. The number of benzene rings is 3. The summed E-state index contributed by atoms with van der Waals surface area (Å²) in [6.07, 6.45) is -3.18. The number of halogens is 3. The van der Waals surface area contributed by atoms with Gasteiger partial charge in [0.1, 0.15) is 0 Å². The molecule has 0 saturated heterocycles. The van der Waals surface area contributed by atoms with Gasteiger partial charge in [-0.25, -0.2) is 4.98 Å². The van der Waals surface area contributed by atoms with Crippen molar-refractivity contribution in [3.8, 4) is 22.6 Å². The van der Waals surface area contributed by atoms with Crippen molar-refractivity contribution in [3.63, 3.8) is 0 Å². The summed E-state index contributed by atoms with van der Waals surface area (Å²) in [5, 5.41) is 11.9. The first-order valence-electron chi connectivity index (χ1n) is 13.2. The number of nitrogens with one attached hydrogen (secondary N) is 1. The Bertz CT molecular complexity index is 1600. The number of nitrogens with zero attached hydrogens (tertiary/aromatic N) is 2. The van der Waals surface area contributed by atoms with Crippen molar-refractivity contribution < 1.29 is 37.1 Å². The molecule has 2 N–H and O–H groups in total. The summed E-state index contributed by atoms with van der Waals surface area (Å²) in [7, 11) is 1.62. The first-order valence-corrected chi connectivity index (χ1v) is 13.2. The van der Waals surface area contributed by atoms with Crippen LogP contribution in [0.2, 0.25) is 0 Å². The predicted octanol–water partition coefficient (Wildman–Crippen LogP) is 6.74. The van der Waals surface area contributed by atoms with Gasteiger partial charge in [-0.15, -0.1) is 0 Å². The second-order valence-electron chi connectivity index (χ2n) is 10.0. The predicted molar refractivity (Wildman–Crippen MR) is 149 cm³/mol. The maximum absolute atomic E-state index is 13.6. The normalized spacial score (nSPS) is 16.7. The number of carbonyl (C=O) groups is 3. The molecule has 0 radical (unpaired) electrons. The van der Waals surface area contributed by atoms with E-state index >= 15 is 0 Å². The van der Waals surface area contributed by atoms with Gasteiger partial charge in [-0.2, -0.15) is 13.2 Å². The van der Waals surface area contributed by atoms with Gasteiger partial charge in [0.05, 0.1) is 11.8 Å². The average molecular weight is 578 g/mol. The van der Waals surface area contributed by atoms with E-state index in [-0.39, 0.29) is 17.5 Å². The van der Waals surface area contributed by atoms with Crippen LogP contribution in [0.1, 0.15) is 35.5 Å². The Morgan fingerprint density at radius 2 is 1.48 bits per heavy atom. The Hall–Kier alpha value is -4.93. The molecule has 5 rings (SSSR count). The monoisotopic (exact) mass is 577 g/mol. The Balaban J connectivity index is 1.28. The Labute approximate surface area is 238 Å². The molecule has 0 bridgehead atoms. The van der Waals surface area contributed by atoms with E-state index in [4.69, 9.17) is 4.42 Å². The number of carboxylic acids is 1. The molecule has 2 unspecified atom stereocenters. The number of aromatic nitrogens is 1. The first kappa shape index (κ1) is 28.6. The van der Waals surface area contributed by atoms with E-state index in [1.807, 2.05) is 0 Å². The van der Waals surface area contributed by atoms with E-state index in [9.17, 15) is 32.7 Å². The van der Waals surface area contributed by atoms with Crippen LogP contribution < -0.4 is 10.2 Å². The zero-order valence-corrected chi connectivity index (χ0v) is 22.4. The highest BCUT2D eigenvalue weighted by atomic mass is 19.4. The van der Waals surface area contributed by atoms with Gasteiger partial charge in [0, 0.05) is 24.0 Å². The number of amides is 2. The summed E-state index contributed by atoms with van der Waals surface area (Å²) >= 11 is 0. The number of carboxylic acid groups (broad SMARTS) is 1. The minimum Gasteiger partial charge on any atom is -0.481 e. The lowest BCUT2D eigenvalue weighted by atomic mass is 9.94. The van der Waals surface area contributed by atoms with Gasteiger partial charge in [0.2, 0.25) is 17.6 Å². The number of hydrogen-bond donors (Lipinski definition) is 2. The number of aliphatic carboxylic acids is 1. The van der Waals surface area contributed by atoms with Gasteiger partial charge in [-0.05, 0) is 60.4 Å². The van der Waals surface area contributed by atoms with E-state index in [1.54, 1.807) is 73.8 Å². The molecule has 42 heavy (non-hydrogen) atoms. The van der Waals surface area contributed by atoms with Gasteiger partial charge in [0.15, 0.2) is 5.69 Å². The topological polar surface area (TPSA) is 113 Å². The summed E-state index contributed by atoms with van der Waals surface area (Å²) in [5.41, 5.74) is 1.87. The molecule has 8 nitrogen and oxygen atoms in total. The molecule has 2 amide bonds. The molecule has 2 atom stereocenters. The fourth-order valence-corrected chi connectivity index (χ4v) is 5.11. The highest BCUT2D eigenvalue weighted by molar-refractivity contribution is 6.04. The van der Waals surface area contributed by atoms with Crippen molar-refractivity contribution in [2.75, 3.05) is 17.3 Å². The second-order valence-corrected chi connectivity index (χ2v) is 10.0. The Morgan fingerprint density at radius 3 is 2.07 bits per heavy atom. The van der Waals surface area contributed by atoms with Gasteiger partial charge in [-0.1, -0.05) is 48.9 Å². The van der Waals surface area contributed by atoms with Gasteiger partial charge in [0.25, 0.3) is 5.91 Å². The SMILES string of the molecule is CN(C(=O)C1CCCC1C(=O)O)c1ccc(-c2ccc(NC(=O)c3nc(-c4ccccc4)oc3C(F)(F)F)cc2)cc1. The van der Waals surface area contributed by atoms with E-state index in [0.717, 1.165) is 11.1 Å².